The number of ether oxygens (including phenoxy) is 1. The van der Waals surface area contributed by atoms with Gasteiger partial charge in [0, 0.05) is 5.38 Å². The molecule has 2 aliphatic heterocycles. The first-order valence-corrected chi connectivity index (χ1v) is 9.64. The molecule has 3 rings (SSSR count). The maximum atomic E-state index is 12.8. The van der Waals surface area contributed by atoms with E-state index in [1.165, 1.54) is 5.38 Å². The first kappa shape index (κ1) is 22.4. The van der Waals surface area contributed by atoms with Gasteiger partial charge >= 0.3 is 11.9 Å². The maximum absolute atomic E-state index is 12.8. The van der Waals surface area contributed by atoms with Gasteiger partial charge in [-0.15, -0.1) is 11.3 Å². The number of thiazole rings is 1. The lowest BCUT2D eigenvalue weighted by Gasteiger charge is -2.55. The van der Waals surface area contributed by atoms with E-state index in [2.05, 4.69) is 20.3 Å². The first-order chi connectivity index (χ1) is 14.5. The number of β-lactam (4-membered cyclic amide) rings is 1. The number of carbonyl (C=O) groups is 4. The van der Waals surface area contributed by atoms with Gasteiger partial charge in [-0.3, -0.25) is 9.59 Å². The van der Waals surface area contributed by atoms with Crippen LogP contribution in [-0.4, -0.2) is 86.7 Å². The number of anilines is 1. The molecule has 14 nitrogen and oxygen atoms in total. The highest BCUT2D eigenvalue weighted by molar-refractivity contribution is 7.13. The Morgan fingerprint density at radius 2 is 2.10 bits per heavy atom. The van der Waals surface area contributed by atoms with E-state index in [1.807, 2.05) is 0 Å². The molecule has 0 spiro atoms. The molecule has 1 aromatic rings. The van der Waals surface area contributed by atoms with Crippen molar-refractivity contribution in [1.29, 1.82) is 0 Å². The van der Waals surface area contributed by atoms with Gasteiger partial charge in [-0.25, -0.2) is 24.5 Å². The number of carboxylic acid groups (broad SMARTS) is 2. The van der Waals surface area contributed by atoms with E-state index < -0.39 is 47.5 Å². The predicted octanol–water partition coefficient (Wildman–Crippen LogP) is -1.58. The summed E-state index contributed by atoms with van der Waals surface area (Å²) in [6.07, 6.45) is 0. The fourth-order valence-corrected chi connectivity index (χ4v) is 3.33. The van der Waals surface area contributed by atoms with Gasteiger partial charge in [0.25, 0.3) is 11.8 Å². The second kappa shape index (κ2) is 8.09. The molecule has 0 bridgehead atoms. The van der Waals surface area contributed by atoms with Crippen molar-refractivity contribution in [1.82, 2.24) is 15.4 Å². The molecule has 2 fully saturated rings. The van der Waals surface area contributed by atoms with Gasteiger partial charge in [-0.2, -0.15) is 0 Å². The lowest BCUT2D eigenvalue weighted by molar-refractivity contribution is -0.342. The third kappa shape index (κ3) is 4.14. The summed E-state index contributed by atoms with van der Waals surface area (Å²) in [6, 6.07) is -1.09. The monoisotopic (exact) mass is 457 g/mol. The maximum Gasteiger partial charge on any atom is 0.344 e. The smallest absolute Gasteiger partial charge is 0.344 e. The Kier molecular flexibility index (Phi) is 5.84. The second-order valence-corrected chi connectivity index (χ2v) is 8.14. The standard InChI is InChI=1S/C16H19N5O9S/c1-15(2)10(12(25)21(15)30-16(13(26)27)5-28-6-16)19-11(24)9(20-29-3-8(22)23)7-4-31-14(17)18-7/h4,10H,3,5-6H2,1-2H3,(H2,17,18)(H,19,24)(H,22,23)(H,26,27)/b20-9-/t10-/m1/s1. The third-order valence-electron chi connectivity index (χ3n) is 4.60. The molecule has 168 valence electrons. The van der Waals surface area contributed by atoms with Crippen LogP contribution in [0.4, 0.5) is 5.13 Å². The van der Waals surface area contributed by atoms with Crippen molar-refractivity contribution in [3.63, 3.8) is 0 Å². The molecular weight excluding hydrogens is 438 g/mol. The lowest BCUT2D eigenvalue weighted by Crippen LogP contribution is -2.79. The van der Waals surface area contributed by atoms with Crippen LogP contribution >= 0.6 is 11.3 Å². The second-order valence-electron chi connectivity index (χ2n) is 7.25. The van der Waals surface area contributed by atoms with Crippen LogP contribution in [-0.2, 0) is 33.6 Å². The van der Waals surface area contributed by atoms with E-state index in [0.29, 0.717) is 0 Å². The lowest BCUT2D eigenvalue weighted by atomic mass is 9.84. The van der Waals surface area contributed by atoms with E-state index in [9.17, 15) is 24.3 Å². The van der Waals surface area contributed by atoms with Gasteiger partial charge in [0.15, 0.2) is 10.8 Å². The van der Waals surface area contributed by atoms with Crippen LogP contribution in [0.25, 0.3) is 0 Å². The Labute approximate surface area is 178 Å². The number of hydrogen-bond donors (Lipinski definition) is 4. The molecule has 0 radical (unpaired) electrons. The average Bonchev–Trinajstić information content (AvgIpc) is 3.07. The van der Waals surface area contributed by atoms with Crippen molar-refractivity contribution in [2.24, 2.45) is 5.16 Å². The van der Waals surface area contributed by atoms with Gasteiger partial charge in [0.2, 0.25) is 12.2 Å². The molecule has 0 unspecified atom stereocenters. The fourth-order valence-electron chi connectivity index (χ4n) is 2.79. The number of nitrogen functional groups attached to an aromatic ring is 1. The number of carbonyl (C=O) groups excluding carboxylic acids is 2. The molecule has 0 saturated carbocycles. The highest BCUT2D eigenvalue weighted by atomic mass is 32.1. The van der Waals surface area contributed by atoms with E-state index in [0.717, 1.165) is 16.4 Å². The van der Waals surface area contributed by atoms with Gasteiger partial charge < -0.3 is 30.8 Å². The molecule has 0 aromatic carbocycles. The minimum atomic E-state index is -1.67. The normalized spacial score (nSPS) is 21.6. The molecule has 1 aromatic heterocycles. The summed E-state index contributed by atoms with van der Waals surface area (Å²) in [4.78, 5) is 61.4. The number of carboxylic acids is 2. The summed E-state index contributed by atoms with van der Waals surface area (Å²) in [5.41, 5.74) is 2.43. The summed E-state index contributed by atoms with van der Waals surface area (Å²) >= 11 is 1.02. The SMILES string of the molecule is CC1(C)[C@H](NC(=O)/C(=N\OCC(=O)O)c2csc(N)n2)C(=O)N1OC1(C(=O)O)COC1. The molecule has 2 amide bonds. The fraction of sp³-hybridized carbons (Fsp3) is 0.500. The molecule has 2 saturated heterocycles. The quantitative estimate of drug-likeness (QED) is 0.189. The molecule has 3 heterocycles. The van der Waals surface area contributed by atoms with Crippen molar-refractivity contribution in [2.45, 2.75) is 31.0 Å². The van der Waals surface area contributed by atoms with Crippen LogP contribution in [0.2, 0.25) is 0 Å². The summed E-state index contributed by atoms with van der Waals surface area (Å²) in [7, 11) is 0. The number of nitrogens with one attached hydrogen (secondary N) is 1. The molecule has 0 aliphatic carbocycles. The number of oxime groups is 1. The zero-order valence-electron chi connectivity index (χ0n) is 16.4. The van der Waals surface area contributed by atoms with Crippen molar-refractivity contribution in [2.75, 3.05) is 25.6 Å². The molecule has 5 N–H and O–H groups in total. The molecule has 31 heavy (non-hydrogen) atoms. The predicted molar refractivity (Wildman–Crippen MR) is 102 cm³/mol. The van der Waals surface area contributed by atoms with E-state index >= 15 is 0 Å². The number of aromatic nitrogens is 1. The van der Waals surface area contributed by atoms with Gasteiger partial charge in [0.05, 0.1) is 18.8 Å². The van der Waals surface area contributed by atoms with E-state index in [-0.39, 0.29) is 29.8 Å². The van der Waals surface area contributed by atoms with Crippen molar-refractivity contribution in [3.8, 4) is 0 Å². The Morgan fingerprint density at radius 1 is 1.42 bits per heavy atom. The largest absolute Gasteiger partial charge is 0.479 e. The molecule has 2 aliphatic rings. The topological polar surface area (TPSA) is 203 Å². The number of rotatable bonds is 9. The number of aliphatic carboxylic acids is 2. The summed E-state index contributed by atoms with van der Waals surface area (Å²) in [5.74, 6) is -4.14. The Morgan fingerprint density at radius 3 is 2.55 bits per heavy atom. The van der Waals surface area contributed by atoms with Gasteiger partial charge in [0.1, 0.15) is 11.7 Å². The van der Waals surface area contributed by atoms with Gasteiger partial charge in [-0.1, -0.05) is 5.16 Å². The van der Waals surface area contributed by atoms with Crippen LogP contribution in [0.5, 0.6) is 0 Å². The minimum Gasteiger partial charge on any atom is -0.479 e. The number of hydrogen-bond acceptors (Lipinski definition) is 11. The van der Waals surface area contributed by atoms with Crippen LogP contribution in [0.1, 0.15) is 19.5 Å². The summed E-state index contributed by atoms with van der Waals surface area (Å²) in [5, 5.41) is 26.4. The number of nitrogens with two attached hydrogens (primary N) is 1. The zero-order valence-corrected chi connectivity index (χ0v) is 17.2. The van der Waals surface area contributed by atoms with Crippen LogP contribution in [0.3, 0.4) is 0 Å². The number of amides is 2. The average molecular weight is 457 g/mol. The molecular formula is C16H19N5O9S. The summed E-state index contributed by atoms with van der Waals surface area (Å²) in [6.45, 7) is 1.88. The van der Waals surface area contributed by atoms with Crippen LogP contribution in [0.15, 0.2) is 10.5 Å². The Bertz CT molecular complexity index is 955. The molecule has 1 atom stereocenters. The van der Waals surface area contributed by atoms with Crippen LogP contribution in [0, 0.1) is 0 Å². The Hall–Kier alpha value is -3.30. The third-order valence-corrected chi connectivity index (χ3v) is 5.28. The highest BCUT2D eigenvalue weighted by Gasteiger charge is 2.61. The Balaban J connectivity index is 1.74. The van der Waals surface area contributed by atoms with Crippen molar-refractivity contribution < 1.29 is 43.8 Å². The number of nitrogens with zero attached hydrogens (tertiary/aromatic N) is 3. The zero-order chi connectivity index (χ0) is 23.0. The first-order valence-electron chi connectivity index (χ1n) is 8.76. The number of hydroxylamine groups is 2. The molecule has 15 heteroatoms. The van der Waals surface area contributed by atoms with Crippen molar-refractivity contribution in [3.05, 3.63) is 11.1 Å². The minimum absolute atomic E-state index is 0.0273. The van der Waals surface area contributed by atoms with E-state index in [1.54, 1.807) is 13.8 Å². The summed E-state index contributed by atoms with van der Waals surface area (Å²) < 4.78 is 4.90. The highest BCUT2D eigenvalue weighted by Crippen LogP contribution is 2.36. The van der Waals surface area contributed by atoms with Gasteiger partial charge in [-0.05, 0) is 13.8 Å². The van der Waals surface area contributed by atoms with Crippen LogP contribution < -0.4 is 11.1 Å². The van der Waals surface area contributed by atoms with E-state index in [4.69, 9.17) is 20.4 Å². The van der Waals surface area contributed by atoms with Crippen molar-refractivity contribution >= 4 is 45.9 Å².